The Labute approximate surface area is 157 Å². The minimum Gasteiger partial charge on any atom is -0.454 e. The number of nitrogens with zero attached hydrogens (tertiary/aromatic N) is 1. The Morgan fingerprint density at radius 3 is 2.67 bits per heavy atom. The van der Waals surface area contributed by atoms with Gasteiger partial charge in [0.1, 0.15) is 0 Å². The Morgan fingerprint density at radius 2 is 1.89 bits per heavy atom. The summed E-state index contributed by atoms with van der Waals surface area (Å²) in [5, 5.41) is 5.24. The predicted molar refractivity (Wildman–Crippen MR) is 95.6 cm³/mol. The highest BCUT2D eigenvalue weighted by Crippen LogP contribution is 2.35. The Bertz CT molecular complexity index is 662. The molecule has 0 radical (unpaired) electrons. The number of methoxy groups -OCH3 is 1. The number of ether oxygens (including phenoxy) is 4. The Morgan fingerprint density at radius 1 is 1.15 bits per heavy atom. The van der Waals surface area contributed by atoms with E-state index >= 15 is 0 Å². The van der Waals surface area contributed by atoms with Crippen LogP contribution in [-0.4, -0.2) is 76.6 Å². The van der Waals surface area contributed by atoms with E-state index in [4.69, 9.17) is 18.9 Å². The average molecular weight is 379 g/mol. The molecule has 148 valence electrons. The van der Waals surface area contributed by atoms with Crippen LogP contribution in [0.2, 0.25) is 0 Å². The first kappa shape index (κ1) is 19.4. The maximum absolute atomic E-state index is 12.1. The van der Waals surface area contributed by atoms with Crippen molar-refractivity contribution in [2.24, 2.45) is 0 Å². The molecule has 2 amide bonds. The fourth-order valence-electron chi connectivity index (χ4n) is 3.08. The number of rotatable bonds is 7. The fourth-order valence-corrected chi connectivity index (χ4v) is 3.08. The van der Waals surface area contributed by atoms with Crippen molar-refractivity contribution >= 4 is 11.8 Å². The van der Waals surface area contributed by atoms with Crippen molar-refractivity contribution < 1.29 is 28.5 Å². The van der Waals surface area contributed by atoms with Gasteiger partial charge in [0, 0.05) is 33.3 Å². The van der Waals surface area contributed by atoms with Gasteiger partial charge in [-0.2, -0.15) is 0 Å². The van der Waals surface area contributed by atoms with Gasteiger partial charge in [0.15, 0.2) is 11.5 Å². The summed E-state index contributed by atoms with van der Waals surface area (Å²) < 4.78 is 21.1. The lowest BCUT2D eigenvalue weighted by molar-refractivity contribution is -0.139. The molecule has 3 rings (SSSR count). The van der Waals surface area contributed by atoms with Crippen LogP contribution in [0.4, 0.5) is 0 Å². The molecule has 2 aliphatic heterocycles. The standard InChI is InChI=1S/C18H25N3O6/c1-24-7-4-19-17(22)18(23)20-11-14(21-5-8-25-9-6-21)13-2-3-15-16(10-13)27-12-26-15/h2-3,10,14H,4-9,11-12H2,1H3,(H,19,22)(H,20,23)/t14-/m1/s1. The summed E-state index contributed by atoms with van der Waals surface area (Å²) in [4.78, 5) is 26.2. The number of amides is 2. The van der Waals surface area contributed by atoms with E-state index < -0.39 is 11.8 Å². The van der Waals surface area contributed by atoms with Gasteiger partial charge in [0.05, 0.1) is 25.9 Å². The van der Waals surface area contributed by atoms with Crippen LogP contribution in [0.15, 0.2) is 18.2 Å². The third-order valence-electron chi connectivity index (χ3n) is 4.52. The lowest BCUT2D eigenvalue weighted by Crippen LogP contribution is -2.47. The van der Waals surface area contributed by atoms with Crippen LogP contribution in [0.25, 0.3) is 0 Å². The van der Waals surface area contributed by atoms with Crippen molar-refractivity contribution in [2.45, 2.75) is 6.04 Å². The smallest absolute Gasteiger partial charge is 0.309 e. The largest absolute Gasteiger partial charge is 0.454 e. The maximum atomic E-state index is 12.1. The van der Waals surface area contributed by atoms with E-state index in [2.05, 4.69) is 15.5 Å². The SMILES string of the molecule is COCCNC(=O)C(=O)NC[C@H](c1ccc2c(c1)OCO2)N1CCOCC1. The van der Waals surface area contributed by atoms with Crippen molar-refractivity contribution in [3.8, 4) is 11.5 Å². The summed E-state index contributed by atoms with van der Waals surface area (Å²) >= 11 is 0. The van der Waals surface area contributed by atoms with Crippen LogP contribution >= 0.6 is 0 Å². The second kappa shape index (κ2) is 9.54. The third-order valence-corrected chi connectivity index (χ3v) is 4.52. The first-order valence-electron chi connectivity index (χ1n) is 8.95. The van der Waals surface area contributed by atoms with Gasteiger partial charge in [-0.1, -0.05) is 6.07 Å². The summed E-state index contributed by atoms with van der Waals surface area (Å²) in [7, 11) is 1.53. The quantitative estimate of drug-likeness (QED) is 0.494. The summed E-state index contributed by atoms with van der Waals surface area (Å²) in [6.07, 6.45) is 0. The van der Waals surface area contributed by atoms with Gasteiger partial charge in [0.2, 0.25) is 6.79 Å². The number of nitrogens with one attached hydrogen (secondary N) is 2. The van der Waals surface area contributed by atoms with Gasteiger partial charge in [-0.3, -0.25) is 14.5 Å². The van der Waals surface area contributed by atoms with E-state index in [1.54, 1.807) is 0 Å². The molecule has 1 atom stereocenters. The van der Waals surface area contributed by atoms with Crippen molar-refractivity contribution in [2.75, 3.05) is 59.9 Å². The van der Waals surface area contributed by atoms with E-state index in [0.717, 1.165) is 18.7 Å². The molecule has 9 heteroatoms. The monoisotopic (exact) mass is 379 g/mol. The number of hydrogen-bond donors (Lipinski definition) is 2. The number of morpholine rings is 1. The Hall–Kier alpha value is -2.36. The zero-order valence-corrected chi connectivity index (χ0v) is 15.4. The summed E-state index contributed by atoms with van der Waals surface area (Å²) in [5.41, 5.74) is 0.987. The van der Waals surface area contributed by atoms with Crippen LogP contribution < -0.4 is 20.1 Å². The molecule has 1 fully saturated rings. The van der Waals surface area contributed by atoms with Gasteiger partial charge in [-0.05, 0) is 17.7 Å². The molecule has 9 nitrogen and oxygen atoms in total. The number of fused-ring (bicyclic) bond motifs is 1. The minimum absolute atomic E-state index is 0.0980. The number of benzene rings is 1. The van der Waals surface area contributed by atoms with E-state index in [1.165, 1.54) is 7.11 Å². The van der Waals surface area contributed by atoms with Crippen molar-refractivity contribution in [3.63, 3.8) is 0 Å². The van der Waals surface area contributed by atoms with E-state index in [9.17, 15) is 9.59 Å². The second-order valence-electron chi connectivity index (χ2n) is 6.24. The zero-order chi connectivity index (χ0) is 19.1. The molecule has 0 aromatic heterocycles. The molecule has 0 aliphatic carbocycles. The van der Waals surface area contributed by atoms with Crippen molar-refractivity contribution in [3.05, 3.63) is 23.8 Å². The van der Waals surface area contributed by atoms with Gasteiger partial charge in [-0.15, -0.1) is 0 Å². The molecule has 1 aromatic rings. The first-order chi connectivity index (χ1) is 13.2. The Balaban J connectivity index is 1.65. The molecule has 0 saturated carbocycles. The molecular formula is C18H25N3O6. The molecule has 2 N–H and O–H groups in total. The molecular weight excluding hydrogens is 354 g/mol. The van der Waals surface area contributed by atoms with Gasteiger partial charge in [-0.25, -0.2) is 0 Å². The maximum Gasteiger partial charge on any atom is 0.309 e. The lowest BCUT2D eigenvalue weighted by Gasteiger charge is -2.34. The number of carbonyl (C=O) groups excluding carboxylic acids is 2. The van der Waals surface area contributed by atoms with E-state index in [1.807, 2.05) is 18.2 Å². The molecule has 0 bridgehead atoms. The topological polar surface area (TPSA) is 98.4 Å². The molecule has 2 heterocycles. The molecule has 27 heavy (non-hydrogen) atoms. The Kier molecular flexibility index (Phi) is 6.86. The normalized spacial score (nSPS) is 17.4. The van der Waals surface area contributed by atoms with Crippen LogP contribution in [0.1, 0.15) is 11.6 Å². The van der Waals surface area contributed by atoms with Gasteiger partial charge in [0.25, 0.3) is 0 Å². The molecule has 0 spiro atoms. The van der Waals surface area contributed by atoms with E-state index in [0.29, 0.717) is 37.9 Å². The van der Waals surface area contributed by atoms with E-state index in [-0.39, 0.29) is 19.4 Å². The second-order valence-corrected chi connectivity index (χ2v) is 6.24. The van der Waals surface area contributed by atoms with Gasteiger partial charge >= 0.3 is 11.8 Å². The number of carbonyl (C=O) groups is 2. The summed E-state index contributed by atoms with van der Waals surface area (Å²) in [6, 6.07) is 5.65. The van der Waals surface area contributed by atoms with Crippen molar-refractivity contribution in [1.29, 1.82) is 0 Å². The third kappa shape index (κ3) is 5.09. The number of hydrogen-bond acceptors (Lipinski definition) is 7. The fraction of sp³-hybridized carbons (Fsp3) is 0.556. The highest BCUT2D eigenvalue weighted by Gasteiger charge is 2.26. The van der Waals surface area contributed by atoms with Crippen LogP contribution in [0.5, 0.6) is 11.5 Å². The van der Waals surface area contributed by atoms with Crippen molar-refractivity contribution in [1.82, 2.24) is 15.5 Å². The summed E-state index contributed by atoms with van der Waals surface area (Å²) in [6.45, 7) is 3.91. The zero-order valence-electron chi connectivity index (χ0n) is 15.4. The molecule has 1 saturated heterocycles. The lowest BCUT2D eigenvalue weighted by atomic mass is 10.0. The predicted octanol–water partition coefficient (Wildman–Crippen LogP) is -0.333. The van der Waals surface area contributed by atoms with Crippen LogP contribution in [0.3, 0.4) is 0 Å². The summed E-state index contributed by atoms with van der Waals surface area (Å²) in [5.74, 6) is 0.0685. The first-order valence-corrected chi connectivity index (χ1v) is 8.95. The molecule has 2 aliphatic rings. The highest BCUT2D eigenvalue weighted by atomic mass is 16.7. The van der Waals surface area contributed by atoms with Crippen LogP contribution in [0, 0.1) is 0 Å². The average Bonchev–Trinajstić information content (AvgIpc) is 3.17. The highest BCUT2D eigenvalue weighted by molar-refractivity contribution is 6.35. The van der Waals surface area contributed by atoms with Crippen LogP contribution in [-0.2, 0) is 19.1 Å². The minimum atomic E-state index is -0.668. The van der Waals surface area contributed by atoms with Gasteiger partial charge < -0.3 is 29.6 Å². The molecule has 1 aromatic carbocycles. The molecule has 0 unspecified atom stereocenters.